The van der Waals surface area contributed by atoms with E-state index in [2.05, 4.69) is 10.6 Å². The lowest BCUT2D eigenvalue weighted by molar-refractivity contribution is 0.0636. The summed E-state index contributed by atoms with van der Waals surface area (Å²) >= 11 is 1.03. The largest absolute Gasteiger partial charge is 0.323 e. The Morgan fingerprint density at radius 2 is 1.64 bits per heavy atom. The summed E-state index contributed by atoms with van der Waals surface area (Å²) in [5.74, 6) is -0.480. The topological polar surface area (TPSA) is 102 Å². The summed E-state index contributed by atoms with van der Waals surface area (Å²) in [5, 5.41) is 16.0. The molecule has 0 radical (unpaired) electrons. The minimum atomic E-state index is -0.476. The third-order valence-corrected chi connectivity index (χ3v) is 4.65. The van der Waals surface area contributed by atoms with Crippen molar-refractivity contribution >= 4 is 41.0 Å². The molecule has 2 N–H and O–H groups in total. The fraction of sp³-hybridized carbons (Fsp3) is 0.200. The number of hydrogen-bond donors (Lipinski definition) is 2. The number of thioether (sulfide) groups is 1. The van der Waals surface area contributed by atoms with Gasteiger partial charge in [0.2, 0.25) is 0 Å². The van der Waals surface area contributed by atoms with Crippen molar-refractivity contribution in [2.75, 3.05) is 17.2 Å². The Balaban J connectivity index is 1.69. The lowest BCUT2D eigenvalue weighted by Crippen LogP contribution is -2.33. The number of nitriles is 1. The van der Waals surface area contributed by atoms with Crippen molar-refractivity contribution < 1.29 is 14.4 Å². The Hall–Kier alpha value is -3.31. The van der Waals surface area contributed by atoms with E-state index in [1.807, 2.05) is 19.2 Å². The minimum Gasteiger partial charge on any atom is -0.308 e. The van der Waals surface area contributed by atoms with Crippen LogP contribution in [0.1, 0.15) is 34.6 Å². The first kappa shape index (κ1) is 19.5. The molecule has 28 heavy (non-hydrogen) atoms. The molecule has 3 rings (SSSR count). The highest BCUT2D eigenvalue weighted by Gasteiger charge is 2.35. The van der Waals surface area contributed by atoms with Gasteiger partial charge in [-0.3, -0.25) is 14.5 Å². The van der Waals surface area contributed by atoms with Crippen molar-refractivity contribution in [3.05, 3.63) is 53.6 Å². The molecule has 0 unspecified atom stereocenters. The van der Waals surface area contributed by atoms with Gasteiger partial charge in [0.15, 0.2) is 0 Å². The Labute approximate surface area is 166 Å². The normalized spacial score (nSPS) is 12.7. The predicted molar refractivity (Wildman–Crippen MR) is 107 cm³/mol. The number of hydrogen-bond acceptors (Lipinski definition) is 5. The summed E-state index contributed by atoms with van der Waals surface area (Å²) in [6.45, 7) is 4.23. The fourth-order valence-electron chi connectivity index (χ4n) is 2.85. The molecular weight excluding hydrogens is 376 g/mol. The van der Waals surface area contributed by atoms with Crippen LogP contribution in [0.4, 0.5) is 16.2 Å². The zero-order chi connectivity index (χ0) is 20.3. The van der Waals surface area contributed by atoms with E-state index in [-0.39, 0.29) is 17.7 Å². The molecule has 0 fully saturated rings. The highest BCUT2D eigenvalue weighted by Crippen LogP contribution is 2.27. The molecule has 7 nitrogen and oxygen atoms in total. The molecule has 8 heteroatoms. The third-order valence-electron chi connectivity index (χ3n) is 4.05. The summed E-state index contributed by atoms with van der Waals surface area (Å²) in [4.78, 5) is 39.1. The first-order valence-electron chi connectivity index (χ1n) is 8.63. The Morgan fingerprint density at radius 1 is 1.04 bits per heavy atom. The zero-order valence-corrected chi connectivity index (χ0v) is 16.2. The molecule has 0 spiro atoms. The smallest absolute Gasteiger partial charge is 0.308 e. The van der Waals surface area contributed by atoms with Gasteiger partial charge in [-0.15, -0.1) is 0 Å². The highest BCUT2D eigenvalue weighted by molar-refractivity contribution is 8.03. The number of imide groups is 1. The number of rotatable bonds is 5. The molecule has 2 aromatic rings. The number of nitrogens with one attached hydrogen (secondary N) is 2. The Morgan fingerprint density at radius 3 is 2.29 bits per heavy atom. The summed E-state index contributed by atoms with van der Waals surface area (Å²) < 4.78 is 0. The van der Waals surface area contributed by atoms with Gasteiger partial charge in [0.1, 0.15) is 5.40 Å². The first-order chi connectivity index (χ1) is 13.4. The first-order valence-corrected chi connectivity index (χ1v) is 9.45. The van der Waals surface area contributed by atoms with E-state index in [4.69, 9.17) is 5.26 Å². The van der Waals surface area contributed by atoms with Crippen LogP contribution >= 0.6 is 11.8 Å². The molecule has 0 bridgehead atoms. The van der Waals surface area contributed by atoms with E-state index in [0.717, 1.165) is 16.7 Å². The number of fused-ring (bicyclic) bond motifs is 1. The van der Waals surface area contributed by atoms with Gasteiger partial charge in [-0.1, -0.05) is 13.8 Å². The number of urea groups is 1. The van der Waals surface area contributed by atoms with Crippen LogP contribution in [0.25, 0.3) is 0 Å². The van der Waals surface area contributed by atoms with Crippen LogP contribution in [0.2, 0.25) is 0 Å². The van der Waals surface area contributed by atoms with Gasteiger partial charge < -0.3 is 10.6 Å². The number of amides is 4. The number of nitrogens with zero attached hydrogens (tertiary/aromatic N) is 2. The molecule has 0 saturated carbocycles. The second kappa shape index (κ2) is 8.15. The van der Waals surface area contributed by atoms with Crippen LogP contribution in [-0.4, -0.2) is 29.3 Å². The van der Waals surface area contributed by atoms with E-state index in [9.17, 15) is 14.4 Å². The number of carbonyl (C=O) groups is 3. The van der Waals surface area contributed by atoms with E-state index in [1.54, 1.807) is 36.4 Å². The van der Waals surface area contributed by atoms with Gasteiger partial charge >= 0.3 is 6.03 Å². The van der Waals surface area contributed by atoms with E-state index in [0.29, 0.717) is 29.0 Å². The van der Waals surface area contributed by atoms with E-state index < -0.39 is 6.03 Å². The van der Waals surface area contributed by atoms with Crippen LogP contribution < -0.4 is 10.6 Å². The Bertz CT molecular complexity index is 980. The van der Waals surface area contributed by atoms with Crippen LogP contribution in [0.3, 0.4) is 0 Å². The zero-order valence-electron chi connectivity index (χ0n) is 15.4. The lowest BCUT2D eigenvalue weighted by atomic mass is 10.1. The van der Waals surface area contributed by atoms with E-state index in [1.165, 1.54) is 11.0 Å². The average molecular weight is 394 g/mol. The summed E-state index contributed by atoms with van der Waals surface area (Å²) in [5.41, 5.74) is 1.62. The van der Waals surface area contributed by atoms with Crippen LogP contribution in [0.5, 0.6) is 0 Å². The maximum absolute atomic E-state index is 12.5. The molecule has 0 aliphatic carbocycles. The second-order valence-electron chi connectivity index (χ2n) is 6.67. The van der Waals surface area contributed by atoms with Gasteiger partial charge in [-0.25, -0.2) is 4.79 Å². The standard InChI is InChI=1S/C20H18N4O3S/c1-12(2)10-24-18(25)16-8-5-14(9-17(16)19(24)26)23-20(27)22-13-3-6-15(7-4-13)28-11-21/h3-9,12H,10H2,1-2H3,(H2,22,23,27). The molecule has 4 amide bonds. The molecular formula is C20H18N4O3S. The molecule has 0 aromatic heterocycles. The van der Waals surface area contributed by atoms with Crippen LogP contribution in [0.15, 0.2) is 47.4 Å². The van der Waals surface area contributed by atoms with E-state index >= 15 is 0 Å². The number of anilines is 2. The van der Waals surface area contributed by atoms with Crippen LogP contribution in [0, 0.1) is 16.6 Å². The summed E-state index contributed by atoms with van der Waals surface area (Å²) in [7, 11) is 0. The van der Waals surface area contributed by atoms with Crippen molar-refractivity contribution in [3.8, 4) is 5.40 Å². The monoisotopic (exact) mass is 394 g/mol. The lowest BCUT2D eigenvalue weighted by Gasteiger charge is -2.15. The molecule has 2 aromatic carbocycles. The second-order valence-corrected chi connectivity index (χ2v) is 7.53. The third kappa shape index (κ3) is 4.15. The SMILES string of the molecule is CC(C)CN1C(=O)c2ccc(NC(=O)Nc3ccc(SC#N)cc3)cc2C1=O. The molecule has 142 valence electrons. The molecule has 0 atom stereocenters. The van der Waals surface area contributed by atoms with Gasteiger partial charge in [-0.05, 0) is 60.1 Å². The van der Waals surface area contributed by atoms with Gasteiger partial charge in [0, 0.05) is 22.8 Å². The minimum absolute atomic E-state index is 0.170. The number of benzene rings is 2. The van der Waals surface area contributed by atoms with Gasteiger partial charge in [0.05, 0.1) is 11.1 Å². The fourth-order valence-corrected chi connectivity index (χ4v) is 3.23. The highest BCUT2D eigenvalue weighted by atomic mass is 32.2. The Kier molecular flexibility index (Phi) is 5.66. The maximum atomic E-state index is 12.5. The van der Waals surface area contributed by atoms with Crippen molar-refractivity contribution in [2.24, 2.45) is 5.92 Å². The molecule has 0 saturated heterocycles. The number of carbonyl (C=O) groups excluding carboxylic acids is 3. The van der Waals surface area contributed by atoms with Crippen molar-refractivity contribution in [2.45, 2.75) is 18.7 Å². The van der Waals surface area contributed by atoms with Crippen molar-refractivity contribution in [3.63, 3.8) is 0 Å². The number of thiocyanates is 1. The molecule has 1 aliphatic rings. The summed E-state index contributed by atoms with van der Waals surface area (Å²) in [6.07, 6.45) is 0. The van der Waals surface area contributed by atoms with Gasteiger partial charge in [0.25, 0.3) is 11.8 Å². The van der Waals surface area contributed by atoms with Gasteiger partial charge in [-0.2, -0.15) is 5.26 Å². The average Bonchev–Trinajstić information content (AvgIpc) is 2.88. The quantitative estimate of drug-likeness (QED) is 0.450. The maximum Gasteiger partial charge on any atom is 0.323 e. The van der Waals surface area contributed by atoms with Crippen molar-refractivity contribution in [1.29, 1.82) is 5.26 Å². The predicted octanol–water partition coefficient (Wildman–Crippen LogP) is 4.16. The van der Waals surface area contributed by atoms with Crippen LogP contribution in [-0.2, 0) is 0 Å². The summed E-state index contributed by atoms with van der Waals surface area (Å²) in [6, 6.07) is 11.0. The molecule has 1 heterocycles. The molecule has 1 aliphatic heterocycles. The van der Waals surface area contributed by atoms with Crippen molar-refractivity contribution in [1.82, 2.24) is 4.90 Å².